The minimum absolute atomic E-state index is 0.0610. The molecule has 0 amide bonds. The van der Waals surface area contributed by atoms with E-state index in [-0.39, 0.29) is 16.9 Å². The van der Waals surface area contributed by atoms with Crippen molar-refractivity contribution >= 4 is 40.6 Å². The largest absolute Gasteiger partial charge is 0.328 e. The number of Topliss-reactive ketones (excluding diaryl/α,β-unsaturated/α-hetero) is 1. The van der Waals surface area contributed by atoms with Gasteiger partial charge in [-0.15, -0.1) is 5.10 Å². The molecule has 1 aromatic heterocycles. The third-order valence-corrected chi connectivity index (χ3v) is 6.68. The smallest absolute Gasteiger partial charge is 0.275 e. The summed E-state index contributed by atoms with van der Waals surface area (Å²) >= 11 is 12.2. The van der Waals surface area contributed by atoms with Gasteiger partial charge >= 0.3 is 0 Å². The Morgan fingerprint density at radius 1 is 1.15 bits per heavy atom. The van der Waals surface area contributed by atoms with Gasteiger partial charge in [-0.05, 0) is 36.1 Å². The quantitative estimate of drug-likeness (QED) is 0.371. The molecule has 33 heavy (non-hydrogen) atoms. The first kappa shape index (κ1) is 21.6. The lowest BCUT2D eigenvalue weighted by atomic mass is 9.73. The number of nitrogens with zero attached hydrogens (tertiary/aromatic N) is 4. The van der Waals surface area contributed by atoms with Crippen molar-refractivity contribution in [2.45, 2.75) is 32.7 Å². The molecule has 0 spiro atoms. The molecule has 10 heteroatoms. The molecule has 1 aliphatic heterocycles. The lowest BCUT2D eigenvalue weighted by Crippen LogP contribution is -2.36. The number of carbonyl (C=O) groups is 1. The predicted molar refractivity (Wildman–Crippen MR) is 125 cm³/mol. The van der Waals surface area contributed by atoms with E-state index in [1.54, 1.807) is 41.1 Å². The molecule has 0 saturated heterocycles. The van der Waals surface area contributed by atoms with E-state index in [4.69, 9.17) is 23.2 Å². The van der Waals surface area contributed by atoms with Gasteiger partial charge in [0.1, 0.15) is 6.04 Å². The van der Waals surface area contributed by atoms with Gasteiger partial charge in [0.15, 0.2) is 11.6 Å². The average molecular weight is 484 g/mol. The fourth-order valence-corrected chi connectivity index (χ4v) is 4.84. The van der Waals surface area contributed by atoms with Gasteiger partial charge in [-0.25, -0.2) is 4.68 Å². The lowest BCUT2D eigenvalue weighted by Gasteiger charge is -2.38. The van der Waals surface area contributed by atoms with E-state index < -0.39 is 11.0 Å². The van der Waals surface area contributed by atoms with E-state index in [0.717, 1.165) is 5.70 Å². The Morgan fingerprint density at radius 2 is 1.91 bits per heavy atom. The van der Waals surface area contributed by atoms with Gasteiger partial charge in [-0.1, -0.05) is 49.2 Å². The molecule has 0 radical (unpaired) electrons. The van der Waals surface area contributed by atoms with Crippen LogP contribution in [0.2, 0.25) is 10.0 Å². The molecule has 2 aliphatic rings. The van der Waals surface area contributed by atoms with E-state index in [2.05, 4.69) is 15.4 Å². The summed E-state index contributed by atoms with van der Waals surface area (Å²) in [5.41, 5.74) is 1.91. The third kappa shape index (κ3) is 3.69. The molecule has 2 aromatic carbocycles. The van der Waals surface area contributed by atoms with Crippen LogP contribution in [0.4, 0.5) is 11.6 Å². The number of para-hydroxylation sites is 1. The fraction of sp³-hybridized carbons (Fsp3) is 0.261. The molecule has 1 aliphatic carbocycles. The Labute approximate surface area is 199 Å². The zero-order valence-corrected chi connectivity index (χ0v) is 19.3. The molecule has 0 fully saturated rings. The van der Waals surface area contributed by atoms with E-state index in [0.29, 0.717) is 51.4 Å². The highest BCUT2D eigenvalue weighted by Gasteiger charge is 2.43. The molecule has 168 valence electrons. The van der Waals surface area contributed by atoms with Crippen LogP contribution in [0.1, 0.15) is 38.3 Å². The maximum atomic E-state index is 13.3. The summed E-state index contributed by atoms with van der Waals surface area (Å²) < 4.78 is 1.55. The van der Waals surface area contributed by atoms with Crippen LogP contribution in [0.15, 0.2) is 53.7 Å². The highest BCUT2D eigenvalue weighted by Crippen LogP contribution is 2.47. The van der Waals surface area contributed by atoms with Crippen molar-refractivity contribution in [3.63, 3.8) is 0 Å². The van der Waals surface area contributed by atoms with Crippen LogP contribution < -0.4 is 5.32 Å². The predicted octanol–water partition coefficient (Wildman–Crippen LogP) is 5.82. The van der Waals surface area contributed by atoms with Crippen LogP contribution in [0.25, 0.3) is 11.4 Å². The van der Waals surface area contributed by atoms with Crippen molar-refractivity contribution in [1.82, 2.24) is 14.8 Å². The summed E-state index contributed by atoms with van der Waals surface area (Å²) in [5, 5.41) is 20.5. The van der Waals surface area contributed by atoms with E-state index in [9.17, 15) is 14.9 Å². The minimum Gasteiger partial charge on any atom is -0.328 e. The number of fused-ring (bicyclic) bond motifs is 1. The van der Waals surface area contributed by atoms with E-state index in [1.165, 1.54) is 6.07 Å². The van der Waals surface area contributed by atoms with Crippen molar-refractivity contribution in [2.24, 2.45) is 5.41 Å². The van der Waals surface area contributed by atoms with Crippen molar-refractivity contribution < 1.29 is 9.72 Å². The van der Waals surface area contributed by atoms with Crippen molar-refractivity contribution in [1.29, 1.82) is 0 Å². The molecule has 0 bridgehead atoms. The second-order valence-electron chi connectivity index (χ2n) is 9.01. The normalized spacial score (nSPS) is 19.0. The second-order valence-corrected chi connectivity index (χ2v) is 9.82. The van der Waals surface area contributed by atoms with Crippen molar-refractivity contribution in [3.05, 3.63) is 79.5 Å². The molecular weight excluding hydrogens is 465 g/mol. The molecule has 5 rings (SSSR count). The number of allylic oxidation sites excluding steroid dienone is 2. The van der Waals surface area contributed by atoms with Crippen molar-refractivity contribution in [3.8, 4) is 11.4 Å². The lowest BCUT2D eigenvalue weighted by molar-refractivity contribution is -0.385. The van der Waals surface area contributed by atoms with Gasteiger partial charge in [0.05, 0.1) is 20.5 Å². The summed E-state index contributed by atoms with van der Waals surface area (Å²) in [6, 6.07) is 10.7. The summed E-state index contributed by atoms with van der Waals surface area (Å²) in [5.74, 6) is 0.712. The van der Waals surface area contributed by atoms with Crippen molar-refractivity contribution in [2.75, 3.05) is 5.32 Å². The second kappa shape index (κ2) is 7.67. The number of ketones is 1. The van der Waals surface area contributed by atoms with Crippen LogP contribution in [0.3, 0.4) is 0 Å². The number of benzene rings is 2. The van der Waals surface area contributed by atoms with Crippen LogP contribution in [0.5, 0.6) is 0 Å². The number of nitro groups is 1. The first-order valence-corrected chi connectivity index (χ1v) is 11.1. The maximum absolute atomic E-state index is 13.3. The fourth-order valence-electron chi connectivity index (χ4n) is 4.54. The van der Waals surface area contributed by atoms with Gasteiger partial charge < -0.3 is 5.32 Å². The number of nitrogens with one attached hydrogen (secondary N) is 1. The Balaban J connectivity index is 1.73. The van der Waals surface area contributed by atoms with Gasteiger partial charge in [0, 0.05) is 29.3 Å². The van der Waals surface area contributed by atoms with Crippen LogP contribution in [-0.2, 0) is 4.79 Å². The number of carbonyl (C=O) groups excluding carboxylic acids is 1. The monoisotopic (exact) mass is 483 g/mol. The Hall–Kier alpha value is -3.23. The molecule has 8 nitrogen and oxygen atoms in total. The average Bonchev–Trinajstić information content (AvgIpc) is 3.17. The maximum Gasteiger partial charge on any atom is 0.275 e. The van der Waals surface area contributed by atoms with Gasteiger partial charge in [0.2, 0.25) is 5.95 Å². The number of halogens is 2. The van der Waals surface area contributed by atoms with E-state index in [1.807, 2.05) is 13.8 Å². The topological polar surface area (TPSA) is 103 Å². The standard InChI is InChI=1S/C23H19Cl2N5O3/c1-23(2)10-16-19(18(31)11-23)20(13-5-3-4-6-17(13)30(32)33)29-22(26-16)27-21(28-29)12-7-8-14(24)15(25)9-12/h3-9,20H,10-11H2,1-2H3,(H,26,27,28). The van der Waals surface area contributed by atoms with E-state index >= 15 is 0 Å². The summed E-state index contributed by atoms with van der Waals surface area (Å²) in [4.78, 5) is 29.3. The summed E-state index contributed by atoms with van der Waals surface area (Å²) in [7, 11) is 0. The highest BCUT2D eigenvalue weighted by atomic mass is 35.5. The number of hydrogen-bond acceptors (Lipinski definition) is 6. The van der Waals surface area contributed by atoms with Crippen LogP contribution >= 0.6 is 23.2 Å². The Bertz CT molecular complexity index is 1360. The van der Waals surface area contributed by atoms with Crippen LogP contribution in [-0.4, -0.2) is 25.5 Å². The molecule has 1 atom stereocenters. The molecule has 1 N–H and O–H groups in total. The highest BCUT2D eigenvalue weighted by molar-refractivity contribution is 6.42. The number of anilines is 1. The van der Waals surface area contributed by atoms with Gasteiger partial charge in [-0.2, -0.15) is 4.98 Å². The zero-order chi connectivity index (χ0) is 23.5. The molecule has 0 saturated carbocycles. The molecular formula is C23H19Cl2N5O3. The van der Waals surface area contributed by atoms with Gasteiger partial charge in [-0.3, -0.25) is 14.9 Å². The summed E-state index contributed by atoms with van der Waals surface area (Å²) in [6.07, 6.45) is 0.953. The third-order valence-electron chi connectivity index (χ3n) is 5.94. The minimum atomic E-state index is -0.773. The number of nitro benzene ring substituents is 1. The SMILES string of the molecule is CC1(C)CC(=O)C2=C(C1)Nc1nc(-c3ccc(Cl)c(Cl)c3)nn1C2c1ccccc1[N+](=O)[O-]. The molecule has 3 aromatic rings. The van der Waals surface area contributed by atoms with Crippen LogP contribution in [0, 0.1) is 15.5 Å². The zero-order valence-electron chi connectivity index (χ0n) is 17.8. The number of hydrogen-bond donors (Lipinski definition) is 1. The Kier molecular flexibility index (Phi) is 5.02. The number of rotatable bonds is 3. The first-order valence-electron chi connectivity index (χ1n) is 10.3. The van der Waals surface area contributed by atoms with Gasteiger partial charge in [0.25, 0.3) is 5.69 Å². The molecule has 2 heterocycles. The summed E-state index contributed by atoms with van der Waals surface area (Å²) in [6.45, 7) is 4.05. The Morgan fingerprint density at radius 3 is 2.64 bits per heavy atom. The molecule has 1 unspecified atom stereocenters. The number of aromatic nitrogens is 3. The first-order chi connectivity index (χ1) is 15.6.